The van der Waals surface area contributed by atoms with Crippen LogP contribution in [0.15, 0.2) is 18.2 Å². The Balaban J connectivity index is 2.31. The Morgan fingerprint density at radius 1 is 1.33 bits per heavy atom. The van der Waals surface area contributed by atoms with E-state index in [9.17, 15) is 18.3 Å². The lowest BCUT2D eigenvalue weighted by molar-refractivity contribution is -0.202. The van der Waals surface area contributed by atoms with Gasteiger partial charge >= 0.3 is 6.18 Å². The van der Waals surface area contributed by atoms with Crippen molar-refractivity contribution in [2.45, 2.75) is 44.5 Å². The minimum absolute atomic E-state index is 0.000324. The molecule has 24 heavy (non-hydrogen) atoms. The first-order valence-corrected chi connectivity index (χ1v) is 8.38. The Morgan fingerprint density at radius 2 is 2.00 bits per heavy atom. The molecule has 2 nitrogen and oxygen atoms in total. The number of rotatable bonds is 1. The van der Waals surface area contributed by atoms with Crippen molar-refractivity contribution >= 4 is 17.3 Å². The second kappa shape index (κ2) is 5.86. The number of fused-ring (bicyclic) bond motifs is 1. The molecule has 0 aromatic heterocycles. The molecule has 6 heteroatoms. The van der Waals surface area contributed by atoms with E-state index < -0.39 is 29.7 Å². The van der Waals surface area contributed by atoms with Crippen molar-refractivity contribution in [3.05, 3.63) is 28.8 Å². The van der Waals surface area contributed by atoms with E-state index in [0.717, 1.165) is 12.8 Å². The molecule has 3 unspecified atom stereocenters. The highest BCUT2D eigenvalue weighted by atomic mass is 35.5. The van der Waals surface area contributed by atoms with Gasteiger partial charge in [0.1, 0.15) is 6.23 Å². The minimum atomic E-state index is -4.63. The molecule has 1 aromatic rings. The molecule has 130 valence electrons. The summed E-state index contributed by atoms with van der Waals surface area (Å²) < 4.78 is 43.1. The molecule has 0 radical (unpaired) electrons. The van der Waals surface area contributed by atoms with Crippen LogP contribution in [0, 0.1) is 29.6 Å². The molecular formula is C18H19ClF3NO. The second-order valence-electron chi connectivity index (χ2n) is 6.90. The van der Waals surface area contributed by atoms with E-state index in [1.807, 2.05) is 0 Å². The van der Waals surface area contributed by atoms with Crippen LogP contribution in [0.25, 0.3) is 0 Å². The molecule has 1 aliphatic heterocycles. The molecule has 1 aromatic carbocycles. The van der Waals surface area contributed by atoms with Gasteiger partial charge in [0.25, 0.3) is 0 Å². The first kappa shape index (κ1) is 17.4. The average Bonchev–Trinajstić information content (AvgIpc) is 3.27. The zero-order chi connectivity index (χ0) is 17.7. The van der Waals surface area contributed by atoms with Gasteiger partial charge in [-0.25, -0.2) is 0 Å². The van der Waals surface area contributed by atoms with Gasteiger partial charge in [0.2, 0.25) is 0 Å². The number of aliphatic hydroxyl groups is 1. The molecule has 2 N–H and O–H groups in total. The maximum Gasteiger partial charge on any atom is 0.409 e. The third-order valence-electron chi connectivity index (χ3n) is 4.77. The predicted octanol–water partition coefficient (Wildman–Crippen LogP) is 4.57. The van der Waals surface area contributed by atoms with Gasteiger partial charge in [0.05, 0.1) is 0 Å². The van der Waals surface area contributed by atoms with Gasteiger partial charge in [-0.1, -0.05) is 37.3 Å². The molecule has 1 saturated carbocycles. The van der Waals surface area contributed by atoms with Gasteiger partial charge in [-0.3, -0.25) is 0 Å². The predicted molar refractivity (Wildman–Crippen MR) is 87.6 cm³/mol. The Kier molecular flexibility index (Phi) is 4.26. The number of halogens is 4. The van der Waals surface area contributed by atoms with Crippen LogP contribution in [-0.4, -0.2) is 17.5 Å². The summed E-state index contributed by atoms with van der Waals surface area (Å²) >= 11 is 5.99. The van der Waals surface area contributed by atoms with E-state index in [1.165, 1.54) is 18.2 Å². The lowest BCUT2D eigenvalue weighted by atomic mass is 9.62. The quantitative estimate of drug-likeness (QED) is 0.722. The number of hydrogen-bond acceptors (Lipinski definition) is 2. The zero-order valence-corrected chi connectivity index (χ0v) is 14.2. The van der Waals surface area contributed by atoms with Gasteiger partial charge in [-0.2, -0.15) is 13.2 Å². The maximum absolute atomic E-state index is 14.4. The van der Waals surface area contributed by atoms with Gasteiger partial charge in [-0.15, -0.1) is 0 Å². The van der Waals surface area contributed by atoms with E-state index in [0.29, 0.717) is 0 Å². The Bertz CT molecular complexity index is 702. The van der Waals surface area contributed by atoms with Crippen molar-refractivity contribution in [1.29, 1.82) is 0 Å². The molecule has 2 aliphatic rings. The van der Waals surface area contributed by atoms with Crippen molar-refractivity contribution in [1.82, 2.24) is 0 Å². The number of aliphatic hydroxyl groups excluding tert-OH is 1. The summed E-state index contributed by atoms with van der Waals surface area (Å²) in [5.74, 6) is 3.79. The molecule has 1 fully saturated rings. The first-order valence-electron chi connectivity index (χ1n) is 8.01. The van der Waals surface area contributed by atoms with Gasteiger partial charge in [0.15, 0.2) is 5.41 Å². The van der Waals surface area contributed by atoms with Gasteiger partial charge < -0.3 is 10.4 Å². The van der Waals surface area contributed by atoms with Crippen LogP contribution in [-0.2, 0) is 5.41 Å². The van der Waals surface area contributed by atoms with Crippen LogP contribution in [0.2, 0.25) is 5.02 Å². The number of benzene rings is 1. The summed E-state index contributed by atoms with van der Waals surface area (Å²) in [4.78, 5) is 0. The average molecular weight is 358 g/mol. The van der Waals surface area contributed by atoms with Crippen molar-refractivity contribution in [2.75, 3.05) is 5.32 Å². The Hall–Kier alpha value is -1.38. The topological polar surface area (TPSA) is 32.3 Å². The lowest BCUT2D eigenvalue weighted by Crippen LogP contribution is -2.58. The highest BCUT2D eigenvalue weighted by Gasteiger charge is 2.64. The SMILES string of the molecule is CC(C)C1C(O)Nc2ccc(Cl)cc2C1(C#CC1CC1)C(F)(F)F. The highest BCUT2D eigenvalue weighted by Crippen LogP contribution is 2.55. The van der Waals surface area contributed by atoms with E-state index in [4.69, 9.17) is 11.6 Å². The molecule has 1 aliphatic carbocycles. The molecule has 3 rings (SSSR count). The van der Waals surface area contributed by atoms with Crippen molar-refractivity contribution in [3.8, 4) is 11.8 Å². The standard InChI is InChI=1S/C18H19ClF3NO/c1-10(2)15-16(24)23-14-6-5-12(19)9-13(14)17(15,18(20,21)22)8-7-11-3-4-11/h5-6,9-11,15-16,23-24H,3-4H2,1-2H3. The normalized spacial score (nSPS) is 29.5. The Labute approximate surface area is 144 Å². The number of hydrogen-bond donors (Lipinski definition) is 2. The molecule has 0 amide bonds. The summed E-state index contributed by atoms with van der Waals surface area (Å²) in [5.41, 5.74) is -2.21. The molecule has 0 bridgehead atoms. The van der Waals surface area contributed by atoms with Crippen LogP contribution in [0.4, 0.5) is 18.9 Å². The lowest BCUT2D eigenvalue weighted by Gasteiger charge is -2.47. The summed E-state index contributed by atoms with van der Waals surface area (Å²) in [5, 5.41) is 13.4. The summed E-state index contributed by atoms with van der Waals surface area (Å²) in [6, 6.07) is 4.29. The molecule has 0 saturated heterocycles. The van der Waals surface area contributed by atoms with Crippen LogP contribution in [0.5, 0.6) is 0 Å². The molecule has 3 atom stereocenters. The third kappa shape index (κ3) is 2.76. The molecular weight excluding hydrogens is 339 g/mol. The molecule has 1 heterocycles. The monoisotopic (exact) mass is 357 g/mol. The highest BCUT2D eigenvalue weighted by molar-refractivity contribution is 6.30. The van der Waals surface area contributed by atoms with Crippen molar-refractivity contribution < 1.29 is 18.3 Å². The van der Waals surface area contributed by atoms with Crippen LogP contribution in [0.1, 0.15) is 32.3 Å². The fourth-order valence-electron chi connectivity index (χ4n) is 3.51. The van der Waals surface area contributed by atoms with Crippen molar-refractivity contribution in [2.24, 2.45) is 17.8 Å². The van der Waals surface area contributed by atoms with Crippen LogP contribution < -0.4 is 5.32 Å². The number of anilines is 1. The minimum Gasteiger partial charge on any atom is -0.373 e. The summed E-state index contributed by atoms with van der Waals surface area (Å²) in [6.07, 6.45) is -4.31. The third-order valence-corrected chi connectivity index (χ3v) is 5.00. The zero-order valence-electron chi connectivity index (χ0n) is 13.4. The van der Waals surface area contributed by atoms with E-state index in [2.05, 4.69) is 17.2 Å². The van der Waals surface area contributed by atoms with E-state index in [1.54, 1.807) is 13.8 Å². The van der Waals surface area contributed by atoms with Crippen LogP contribution >= 0.6 is 11.6 Å². The van der Waals surface area contributed by atoms with Gasteiger partial charge in [0, 0.05) is 28.1 Å². The van der Waals surface area contributed by atoms with E-state index in [-0.39, 0.29) is 22.2 Å². The maximum atomic E-state index is 14.4. The van der Waals surface area contributed by atoms with Crippen LogP contribution in [0.3, 0.4) is 0 Å². The van der Waals surface area contributed by atoms with Gasteiger partial charge in [-0.05, 0) is 37.0 Å². The summed E-state index contributed by atoms with van der Waals surface area (Å²) in [6.45, 7) is 3.34. The summed E-state index contributed by atoms with van der Waals surface area (Å²) in [7, 11) is 0. The fourth-order valence-corrected chi connectivity index (χ4v) is 3.68. The van der Waals surface area contributed by atoms with Crippen molar-refractivity contribution in [3.63, 3.8) is 0 Å². The fraction of sp³-hybridized carbons (Fsp3) is 0.556. The van der Waals surface area contributed by atoms with E-state index >= 15 is 0 Å². The number of nitrogens with one attached hydrogen (secondary N) is 1. The number of alkyl halides is 3. The Morgan fingerprint density at radius 3 is 2.54 bits per heavy atom. The second-order valence-corrected chi connectivity index (χ2v) is 7.33. The molecule has 0 spiro atoms. The smallest absolute Gasteiger partial charge is 0.373 e. The first-order chi connectivity index (χ1) is 11.2. The largest absolute Gasteiger partial charge is 0.409 e.